The number of hydrogen-bond acceptors (Lipinski definition) is 3. The molecule has 0 unspecified atom stereocenters. The molecule has 2 aromatic carbocycles. The van der Waals surface area contributed by atoms with Crippen molar-refractivity contribution < 1.29 is 9.53 Å². The van der Waals surface area contributed by atoms with Gasteiger partial charge in [-0.1, -0.05) is 11.6 Å². The number of hydrazone groups is 1. The number of rotatable bonds is 5. The number of carbonyl (C=O) groups excluding carboxylic acids is 1. The Morgan fingerprint density at radius 1 is 1.26 bits per heavy atom. The van der Waals surface area contributed by atoms with Gasteiger partial charge in [0.25, 0.3) is 5.91 Å². The highest BCUT2D eigenvalue weighted by atomic mass is 79.9. The van der Waals surface area contributed by atoms with Gasteiger partial charge in [0.15, 0.2) is 0 Å². The minimum atomic E-state index is -0.295. The first kappa shape index (κ1) is 17.5. The zero-order valence-electron chi connectivity index (χ0n) is 12.7. The van der Waals surface area contributed by atoms with Crippen LogP contribution in [0.3, 0.4) is 0 Å². The van der Waals surface area contributed by atoms with E-state index in [4.69, 9.17) is 16.3 Å². The van der Waals surface area contributed by atoms with Gasteiger partial charge in [-0.25, -0.2) is 5.43 Å². The predicted molar refractivity (Wildman–Crippen MR) is 96.4 cm³/mol. The summed E-state index contributed by atoms with van der Waals surface area (Å²) < 4.78 is 6.47. The Kier molecular flexibility index (Phi) is 6.19. The van der Waals surface area contributed by atoms with Gasteiger partial charge in [-0.15, -0.1) is 0 Å². The quantitative estimate of drug-likeness (QED) is 0.591. The molecule has 1 amide bonds. The van der Waals surface area contributed by atoms with Gasteiger partial charge in [0, 0.05) is 10.6 Å². The van der Waals surface area contributed by atoms with E-state index in [1.54, 1.807) is 30.5 Å². The van der Waals surface area contributed by atoms with Gasteiger partial charge in [-0.3, -0.25) is 4.79 Å². The molecular weight excluding hydrogens is 380 g/mol. The van der Waals surface area contributed by atoms with E-state index in [2.05, 4.69) is 26.5 Å². The molecule has 2 aromatic rings. The summed E-state index contributed by atoms with van der Waals surface area (Å²) in [7, 11) is 0. The maximum absolute atomic E-state index is 11.9. The number of ether oxygens (including phenoxy) is 1. The zero-order valence-corrected chi connectivity index (χ0v) is 15.1. The number of amides is 1. The van der Waals surface area contributed by atoms with Gasteiger partial charge in [0.1, 0.15) is 5.75 Å². The maximum atomic E-state index is 11.9. The number of carbonyl (C=O) groups is 1. The Hall–Kier alpha value is -1.85. The summed E-state index contributed by atoms with van der Waals surface area (Å²) in [5.41, 5.74) is 3.81. The maximum Gasteiger partial charge on any atom is 0.271 e. The average molecular weight is 396 g/mol. The second-order valence-electron chi connectivity index (χ2n) is 5.06. The number of benzene rings is 2. The molecule has 0 aliphatic carbocycles. The minimum absolute atomic E-state index is 0.101. The molecule has 0 fully saturated rings. The Morgan fingerprint density at radius 3 is 2.57 bits per heavy atom. The average Bonchev–Trinajstić information content (AvgIpc) is 2.50. The fourth-order valence-electron chi connectivity index (χ4n) is 1.78. The SMILES string of the molecule is CC(C)Oc1ccc(/C=N\NC(=O)c2ccc(Cl)cc2)cc1Br. The summed E-state index contributed by atoms with van der Waals surface area (Å²) in [6.07, 6.45) is 1.67. The molecule has 0 aliphatic heterocycles. The van der Waals surface area contributed by atoms with Crippen LogP contribution < -0.4 is 10.2 Å². The van der Waals surface area contributed by atoms with Gasteiger partial charge >= 0.3 is 0 Å². The van der Waals surface area contributed by atoms with Crippen molar-refractivity contribution in [3.05, 3.63) is 63.1 Å². The van der Waals surface area contributed by atoms with Crippen molar-refractivity contribution in [2.75, 3.05) is 0 Å². The smallest absolute Gasteiger partial charge is 0.271 e. The molecule has 0 bridgehead atoms. The second kappa shape index (κ2) is 8.13. The highest BCUT2D eigenvalue weighted by Crippen LogP contribution is 2.26. The van der Waals surface area contributed by atoms with Crippen molar-refractivity contribution in [3.8, 4) is 5.75 Å². The molecule has 0 atom stereocenters. The van der Waals surface area contributed by atoms with E-state index < -0.39 is 0 Å². The van der Waals surface area contributed by atoms with E-state index in [1.165, 1.54) is 0 Å². The molecule has 23 heavy (non-hydrogen) atoms. The molecule has 0 heterocycles. The first-order chi connectivity index (χ1) is 11.0. The zero-order chi connectivity index (χ0) is 16.8. The fourth-order valence-corrected chi connectivity index (χ4v) is 2.39. The third kappa shape index (κ3) is 5.37. The molecule has 0 radical (unpaired) electrons. The van der Waals surface area contributed by atoms with E-state index in [0.29, 0.717) is 10.6 Å². The Labute approximate surface area is 148 Å². The summed E-state index contributed by atoms with van der Waals surface area (Å²) in [6.45, 7) is 3.93. The van der Waals surface area contributed by atoms with Crippen LogP contribution in [0.4, 0.5) is 0 Å². The highest BCUT2D eigenvalue weighted by Gasteiger charge is 2.05. The van der Waals surface area contributed by atoms with Crippen LogP contribution in [0.25, 0.3) is 0 Å². The molecule has 2 rings (SSSR count). The van der Waals surface area contributed by atoms with E-state index >= 15 is 0 Å². The van der Waals surface area contributed by atoms with Gasteiger partial charge in [-0.2, -0.15) is 5.10 Å². The van der Waals surface area contributed by atoms with Crippen LogP contribution in [0.5, 0.6) is 5.75 Å². The largest absolute Gasteiger partial charge is 0.490 e. The van der Waals surface area contributed by atoms with Crippen LogP contribution in [0.1, 0.15) is 29.8 Å². The molecule has 0 saturated carbocycles. The molecule has 0 saturated heterocycles. The lowest BCUT2D eigenvalue weighted by atomic mass is 10.2. The summed E-state index contributed by atoms with van der Waals surface area (Å²) >= 11 is 9.24. The number of nitrogens with one attached hydrogen (secondary N) is 1. The van der Waals surface area contributed by atoms with Crippen molar-refractivity contribution in [2.45, 2.75) is 20.0 Å². The van der Waals surface area contributed by atoms with Gasteiger partial charge in [0.2, 0.25) is 0 Å². The van der Waals surface area contributed by atoms with E-state index in [0.717, 1.165) is 15.8 Å². The summed E-state index contributed by atoms with van der Waals surface area (Å²) in [4.78, 5) is 11.9. The molecule has 120 valence electrons. The van der Waals surface area contributed by atoms with Crippen molar-refractivity contribution >= 4 is 39.7 Å². The van der Waals surface area contributed by atoms with Crippen molar-refractivity contribution in [3.63, 3.8) is 0 Å². The van der Waals surface area contributed by atoms with Crippen LogP contribution >= 0.6 is 27.5 Å². The topological polar surface area (TPSA) is 50.7 Å². The van der Waals surface area contributed by atoms with E-state index in [9.17, 15) is 4.79 Å². The van der Waals surface area contributed by atoms with Gasteiger partial charge < -0.3 is 4.74 Å². The Balaban J connectivity index is 1.99. The van der Waals surface area contributed by atoms with Crippen LogP contribution in [0.15, 0.2) is 52.0 Å². The first-order valence-electron chi connectivity index (χ1n) is 7.01. The van der Waals surface area contributed by atoms with Crippen LogP contribution in [0, 0.1) is 0 Å². The van der Waals surface area contributed by atoms with E-state index in [-0.39, 0.29) is 12.0 Å². The van der Waals surface area contributed by atoms with Crippen molar-refractivity contribution in [1.29, 1.82) is 0 Å². The minimum Gasteiger partial charge on any atom is -0.490 e. The van der Waals surface area contributed by atoms with E-state index in [1.807, 2.05) is 32.0 Å². The number of halogens is 2. The fraction of sp³-hybridized carbons (Fsp3) is 0.176. The van der Waals surface area contributed by atoms with Crippen molar-refractivity contribution in [1.82, 2.24) is 5.43 Å². The molecule has 4 nitrogen and oxygen atoms in total. The lowest BCUT2D eigenvalue weighted by Gasteiger charge is -2.11. The molecule has 0 aromatic heterocycles. The normalized spacial score (nSPS) is 11.0. The number of hydrogen-bond donors (Lipinski definition) is 1. The molecule has 6 heteroatoms. The highest BCUT2D eigenvalue weighted by molar-refractivity contribution is 9.10. The first-order valence-corrected chi connectivity index (χ1v) is 8.18. The summed E-state index contributed by atoms with van der Waals surface area (Å²) in [6, 6.07) is 12.2. The van der Waals surface area contributed by atoms with Crippen LogP contribution in [0.2, 0.25) is 5.02 Å². The molecular formula is C17H16BrClN2O2. The summed E-state index contributed by atoms with van der Waals surface area (Å²) in [5, 5.41) is 4.53. The third-order valence-corrected chi connectivity index (χ3v) is 3.68. The lowest BCUT2D eigenvalue weighted by Crippen LogP contribution is -2.17. The monoisotopic (exact) mass is 394 g/mol. The summed E-state index contributed by atoms with van der Waals surface area (Å²) in [5.74, 6) is 0.471. The second-order valence-corrected chi connectivity index (χ2v) is 6.35. The van der Waals surface area contributed by atoms with Gasteiger partial charge in [-0.05, 0) is 77.8 Å². The van der Waals surface area contributed by atoms with Crippen LogP contribution in [-0.2, 0) is 0 Å². The molecule has 0 spiro atoms. The van der Waals surface area contributed by atoms with Crippen LogP contribution in [-0.4, -0.2) is 18.2 Å². The third-order valence-electron chi connectivity index (χ3n) is 2.80. The predicted octanol–water partition coefficient (Wildman–Crippen LogP) is 4.65. The Bertz CT molecular complexity index is 715. The van der Waals surface area contributed by atoms with Gasteiger partial charge in [0.05, 0.1) is 16.8 Å². The Morgan fingerprint density at radius 2 is 1.96 bits per heavy atom. The lowest BCUT2D eigenvalue weighted by molar-refractivity contribution is 0.0955. The molecule has 0 aliphatic rings. The standard InChI is InChI=1S/C17H16BrClN2O2/c1-11(2)23-16-8-3-12(9-15(16)18)10-20-21-17(22)13-4-6-14(19)7-5-13/h3-11H,1-2H3,(H,21,22)/b20-10-. The molecule has 1 N–H and O–H groups in total. The van der Waals surface area contributed by atoms with Crippen molar-refractivity contribution in [2.24, 2.45) is 5.10 Å². The number of nitrogens with zero attached hydrogens (tertiary/aromatic N) is 1.